The number of amides is 3. The number of fused-ring (bicyclic) bond motifs is 2. The maximum absolute atomic E-state index is 14.5. The molecule has 4 aliphatic heterocycles. The molecule has 232 valence electrons. The maximum atomic E-state index is 14.5. The molecular formula is C33H43N3O7. The molecule has 0 aliphatic carbocycles. The number of esters is 1. The molecule has 6 atom stereocenters. The summed E-state index contributed by atoms with van der Waals surface area (Å²) in [6.07, 6.45) is 8.52. The predicted octanol–water partition coefficient (Wildman–Crippen LogP) is 2.68. The van der Waals surface area contributed by atoms with E-state index in [1.165, 1.54) is 0 Å². The largest absolute Gasteiger partial charge is 0.455 e. The number of nitrogens with one attached hydrogen (secondary N) is 1. The third kappa shape index (κ3) is 5.99. The first-order valence-corrected chi connectivity index (χ1v) is 15.4. The molecule has 1 aromatic rings. The van der Waals surface area contributed by atoms with Crippen LogP contribution >= 0.6 is 0 Å². The molecule has 2 N–H and O–H groups in total. The predicted molar refractivity (Wildman–Crippen MR) is 158 cm³/mol. The number of cyclic esters (lactones) is 1. The van der Waals surface area contributed by atoms with Gasteiger partial charge in [-0.2, -0.15) is 0 Å². The number of allylic oxidation sites excluding steroid dienone is 1. The van der Waals surface area contributed by atoms with Gasteiger partial charge in [0.15, 0.2) is 0 Å². The van der Waals surface area contributed by atoms with Crippen LogP contribution in [0.3, 0.4) is 0 Å². The van der Waals surface area contributed by atoms with Crippen molar-refractivity contribution in [3.05, 3.63) is 60.2 Å². The fraction of sp³-hybridized carbons (Fsp3) is 0.576. The molecule has 4 aliphatic rings. The van der Waals surface area contributed by atoms with Gasteiger partial charge >= 0.3 is 5.97 Å². The van der Waals surface area contributed by atoms with Crippen LogP contribution in [0.15, 0.2) is 54.6 Å². The van der Waals surface area contributed by atoms with E-state index in [2.05, 4.69) is 5.32 Å². The van der Waals surface area contributed by atoms with Crippen molar-refractivity contribution in [2.75, 3.05) is 26.2 Å². The Morgan fingerprint density at radius 2 is 1.79 bits per heavy atom. The Kier molecular flexibility index (Phi) is 9.08. The number of hydrogen-bond acceptors (Lipinski definition) is 7. The van der Waals surface area contributed by atoms with E-state index < -0.39 is 47.2 Å². The minimum absolute atomic E-state index is 0.0531. The molecule has 10 heteroatoms. The van der Waals surface area contributed by atoms with Crippen molar-refractivity contribution in [3.63, 3.8) is 0 Å². The molecule has 1 spiro atoms. The summed E-state index contributed by atoms with van der Waals surface area (Å²) in [5.74, 6) is -3.17. The van der Waals surface area contributed by atoms with Crippen LogP contribution in [-0.4, -0.2) is 88.1 Å². The van der Waals surface area contributed by atoms with Gasteiger partial charge in [0.05, 0.1) is 18.6 Å². The zero-order valence-electron chi connectivity index (χ0n) is 25.2. The second kappa shape index (κ2) is 12.6. The van der Waals surface area contributed by atoms with Crippen LogP contribution in [0.2, 0.25) is 0 Å². The molecule has 0 saturated carbocycles. The Hall–Kier alpha value is -3.50. The first kappa shape index (κ1) is 30.9. The summed E-state index contributed by atoms with van der Waals surface area (Å²) in [5.41, 5.74) is -1.15. The van der Waals surface area contributed by atoms with Crippen molar-refractivity contribution in [3.8, 4) is 0 Å². The third-order valence-corrected chi connectivity index (χ3v) is 8.92. The topological polar surface area (TPSA) is 125 Å². The number of rotatable bonds is 6. The normalized spacial score (nSPS) is 32.1. The molecule has 2 saturated heterocycles. The molecule has 3 amide bonds. The van der Waals surface area contributed by atoms with Crippen molar-refractivity contribution >= 4 is 23.7 Å². The number of hydrogen-bond donors (Lipinski definition) is 2. The van der Waals surface area contributed by atoms with Crippen molar-refractivity contribution < 1.29 is 33.8 Å². The van der Waals surface area contributed by atoms with Gasteiger partial charge < -0.3 is 29.7 Å². The summed E-state index contributed by atoms with van der Waals surface area (Å²) >= 11 is 0. The summed E-state index contributed by atoms with van der Waals surface area (Å²) < 4.78 is 12.6. The van der Waals surface area contributed by atoms with Crippen LogP contribution in [0, 0.1) is 11.8 Å². The molecule has 4 heterocycles. The number of aliphatic hydroxyl groups is 1. The van der Waals surface area contributed by atoms with Crippen LogP contribution in [0.25, 0.3) is 0 Å². The Bertz CT molecular complexity index is 1270. The molecular weight excluding hydrogens is 550 g/mol. The van der Waals surface area contributed by atoms with Crippen LogP contribution in [-0.2, 0) is 28.7 Å². The number of carbonyl (C=O) groups is 4. The van der Waals surface area contributed by atoms with Crippen LogP contribution in [0.4, 0.5) is 0 Å². The lowest BCUT2D eigenvalue weighted by molar-refractivity contribution is -0.160. The summed E-state index contributed by atoms with van der Waals surface area (Å²) in [6.45, 7) is 6.58. The highest BCUT2D eigenvalue weighted by Gasteiger charge is 2.73. The summed E-state index contributed by atoms with van der Waals surface area (Å²) in [5, 5.41) is 12.2. The highest BCUT2D eigenvalue weighted by molar-refractivity contribution is 5.99. The third-order valence-electron chi connectivity index (χ3n) is 8.92. The fourth-order valence-electron chi connectivity index (χ4n) is 6.79. The van der Waals surface area contributed by atoms with Gasteiger partial charge in [-0.15, -0.1) is 0 Å². The Labute approximate surface area is 253 Å². The minimum atomic E-state index is -1.29. The number of carbonyl (C=O) groups excluding carboxylic acids is 4. The molecule has 5 rings (SSSR count). The van der Waals surface area contributed by atoms with Gasteiger partial charge in [0.25, 0.3) is 0 Å². The van der Waals surface area contributed by atoms with Crippen LogP contribution in [0.1, 0.15) is 64.5 Å². The second-order valence-corrected chi connectivity index (χ2v) is 12.8. The zero-order valence-corrected chi connectivity index (χ0v) is 25.2. The van der Waals surface area contributed by atoms with Gasteiger partial charge in [0.1, 0.15) is 23.7 Å². The molecule has 1 aromatic carbocycles. The fourth-order valence-corrected chi connectivity index (χ4v) is 6.79. The van der Waals surface area contributed by atoms with Crippen molar-refractivity contribution in [2.24, 2.45) is 11.8 Å². The number of nitrogens with zero attached hydrogens (tertiary/aromatic N) is 2. The maximum Gasteiger partial charge on any atom is 0.313 e. The number of aliphatic hydroxyl groups excluding tert-OH is 1. The molecule has 2 fully saturated rings. The summed E-state index contributed by atoms with van der Waals surface area (Å²) in [6, 6.07) is 8.25. The molecule has 43 heavy (non-hydrogen) atoms. The van der Waals surface area contributed by atoms with Gasteiger partial charge in [-0.25, -0.2) is 0 Å². The zero-order chi connectivity index (χ0) is 30.8. The average molecular weight is 594 g/mol. The highest BCUT2D eigenvalue weighted by Crippen LogP contribution is 2.56. The van der Waals surface area contributed by atoms with Gasteiger partial charge in [0, 0.05) is 31.7 Å². The Balaban J connectivity index is 1.55. The summed E-state index contributed by atoms with van der Waals surface area (Å²) in [7, 11) is 0. The Morgan fingerprint density at radius 3 is 2.51 bits per heavy atom. The van der Waals surface area contributed by atoms with Crippen molar-refractivity contribution in [2.45, 2.75) is 82.3 Å². The average Bonchev–Trinajstić information content (AvgIpc) is 3.61. The second-order valence-electron chi connectivity index (χ2n) is 12.8. The first-order chi connectivity index (χ1) is 20.6. The highest BCUT2D eigenvalue weighted by atomic mass is 16.6. The standard InChI is InChI=1S/C33H43N3O7/c1-32(2,3)36-19-11-5-9-15-25(38)34-21-24(22-13-7-4-8-14-22)42-31(41)26-23-16-17-33(43-23)27(26)29(39)35(28(33)30(36)40)18-10-6-12-20-37/h4-5,7-8,11,13-14,16-17,23-24,26-28,37H,6,9-10,12,15,18-21H2,1-3H3,(H,34,38)/b11-5-/t23-,24-,26+,27+,28-,33+/m0/s1. The van der Waals surface area contributed by atoms with E-state index in [4.69, 9.17) is 9.47 Å². The van der Waals surface area contributed by atoms with E-state index in [1.54, 1.807) is 22.0 Å². The first-order valence-electron chi connectivity index (χ1n) is 15.4. The molecule has 0 aromatic heterocycles. The number of likely N-dealkylation sites (tertiary alicyclic amines) is 1. The van der Waals surface area contributed by atoms with Gasteiger partial charge in [-0.05, 0) is 52.0 Å². The Morgan fingerprint density at radius 1 is 1.02 bits per heavy atom. The minimum Gasteiger partial charge on any atom is -0.455 e. The smallest absolute Gasteiger partial charge is 0.313 e. The van der Waals surface area contributed by atoms with Crippen LogP contribution < -0.4 is 5.32 Å². The summed E-state index contributed by atoms with van der Waals surface area (Å²) in [4.78, 5) is 58.7. The van der Waals surface area contributed by atoms with Gasteiger partial charge in [0.2, 0.25) is 17.7 Å². The van der Waals surface area contributed by atoms with E-state index in [0.717, 1.165) is 5.56 Å². The van der Waals surface area contributed by atoms with Gasteiger partial charge in [-0.3, -0.25) is 19.2 Å². The lowest BCUT2D eigenvalue weighted by Crippen LogP contribution is -2.59. The van der Waals surface area contributed by atoms with E-state index in [1.807, 2.05) is 63.3 Å². The van der Waals surface area contributed by atoms with E-state index in [9.17, 15) is 24.3 Å². The lowest BCUT2D eigenvalue weighted by atomic mass is 9.74. The van der Waals surface area contributed by atoms with Crippen molar-refractivity contribution in [1.82, 2.24) is 15.1 Å². The van der Waals surface area contributed by atoms with Crippen LogP contribution in [0.5, 0.6) is 0 Å². The molecule has 0 radical (unpaired) electrons. The number of unbranched alkanes of at least 4 members (excludes halogenated alkanes) is 2. The molecule has 0 unspecified atom stereocenters. The van der Waals surface area contributed by atoms with Gasteiger partial charge in [-0.1, -0.05) is 54.6 Å². The molecule has 10 nitrogen and oxygen atoms in total. The van der Waals surface area contributed by atoms with Crippen molar-refractivity contribution in [1.29, 1.82) is 0 Å². The lowest BCUT2D eigenvalue weighted by Gasteiger charge is -2.41. The van der Waals surface area contributed by atoms with E-state index >= 15 is 0 Å². The number of benzene rings is 1. The quantitative estimate of drug-likeness (QED) is 0.295. The SMILES string of the molecule is CC(C)(C)N1C/C=C\CCC(=O)NC[C@@H](c2ccccc2)OC(=O)[C@@H]2[C@@H]3C=C[C@]4(O3)[C@H](C1=O)N(CCCCCO)C(=O)[C@@H]24. The van der Waals surface area contributed by atoms with E-state index in [0.29, 0.717) is 38.8 Å². The monoisotopic (exact) mass is 593 g/mol. The number of ether oxygens (including phenoxy) is 2. The molecule has 5 bridgehead atoms. The van der Waals surface area contributed by atoms with E-state index in [-0.39, 0.29) is 37.3 Å².